The summed E-state index contributed by atoms with van der Waals surface area (Å²) in [5.74, 6) is 1.39. The molecule has 0 bridgehead atoms. The Kier molecular flexibility index (Phi) is 2.25. The molecule has 14 heavy (non-hydrogen) atoms. The summed E-state index contributed by atoms with van der Waals surface area (Å²) in [6.07, 6.45) is 1.89. The Morgan fingerprint density at radius 1 is 1.50 bits per heavy atom. The summed E-state index contributed by atoms with van der Waals surface area (Å²) in [6.45, 7) is 4.81. The van der Waals surface area contributed by atoms with Gasteiger partial charge in [0, 0.05) is 18.2 Å². The second kappa shape index (κ2) is 3.42. The van der Waals surface area contributed by atoms with E-state index in [-0.39, 0.29) is 0 Å². The van der Waals surface area contributed by atoms with Gasteiger partial charge in [0.15, 0.2) is 0 Å². The Labute approximate surface area is 83.6 Å². The fraction of sp³-hybridized carbons (Fsp3) is 0.364. The van der Waals surface area contributed by atoms with Crippen molar-refractivity contribution in [1.29, 1.82) is 0 Å². The number of imidazole rings is 1. The molecule has 0 spiro atoms. The molecule has 0 aliphatic heterocycles. The summed E-state index contributed by atoms with van der Waals surface area (Å²) in [6, 6.07) is 6.23. The van der Waals surface area contributed by atoms with Crippen molar-refractivity contribution in [2.24, 2.45) is 5.73 Å². The standard InChI is InChI=1S/C11H15N3/c1-8(6-12)11-5-3-4-10-7-13-9(2)14(10)11/h3-5,7-8H,6,12H2,1-2H3. The van der Waals surface area contributed by atoms with E-state index in [1.165, 1.54) is 5.69 Å². The van der Waals surface area contributed by atoms with Crippen molar-refractivity contribution in [1.82, 2.24) is 9.38 Å². The van der Waals surface area contributed by atoms with Crippen molar-refractivity contribution in [3.05, 3.63) is 35.9 Å². The molecule has 2 N–H and O–H groups in total. The lowest BCUT2D eigenvalue weighted by atomic mass is 10.1. The van der Waals surface area contributed by atoms with Crippen LogP contribution in [-0.2, 0) is 0 Å². The fourth-order valence-electron chi connectivity index (χ4n) is 1.74. The quantitative estimate of drug-likeness (QED) is 0.781. The Balaban J connectivity index is 2.69. The average Bonchev–Trinajstić information content (AvgIpc) is 2.59. The van der Waals surface area contributed by atoms with Gasteiger partial charge in [0.2, 0.25) is 0 Å². The first-order chi connectivity index (χ1) is 6.74. The van der Waals surface area contributed by atoms with Gasteiger partial charge in [0.25, 0.3) is 0 Å². The molecule has 0 radical (unpaired) electrons. The van der Waals surface area contributed by atoms with Gasteiger partial charge in [-0.3, -0.25) is 0 Å². The first-order valence-electron chi connectivity index (χ1n) is 4.87. The first-order valence-corrected chi connectivity index (χ1v) is 4.87. The summed E-state index contributed by atoms with van der Waals surface area (Å²) < 4.78 is 2.16. The maximum atomic E-state index is 5.68. The highest BCUT2D eigenvalue weighted by Crippen LogP contribution is 2.17. The molecule has 2 aromatic rings. The van der Waals surface area contributed by atoms with Crippen LogP contribution >= 0.6 is 0 Å². The van der Waals surface area contributed by atoms with Crippen LogP contribution in [0.1, 0.15) is 24.4 Å². The normalized spacial score (nSPS) is 13.4. The van der Waals surface area contributed by atoms with Crippen molar-refractivity contribution in [3.8, 4) is 0 Å². The van der Waals surface area contributed by atoms with E-state index < -0.39 is 0 Å². The highest BCUT2D eigenvalue weighted by molar-refractivity contribution is 5.47. The third-order valence-electron chi connectivity index (χ3n) is 2.62. The minimum atomic E-state index is 0.367. The zero-order valence-electron chi connectivity index (χ0n) is 8.57. The second-order valence-corrected chi connectivity index (χ2v) is 3.65. The zero-order chi connectivity index (χ0) is 10.1. The zero-order valence-corrected chi connectivity index (χ0v) is 8.57. The van der Waals surface area contributed by atoms with E-state index in [9.17, 15) is 0 Å². The minimum absolute atomic E-state index is 0.367. The van der Waals surface area contributed by atoms with Crippen LogP contribution in [0.15, 0.2) is 24.4 Å². The SMILES string of the molecule is Cc1ncc2cccc(C(C)CN)n12. The van der Waals surface area contributed by atoms with Gasteiger partial charge in [0.05, 0.1) is 11.7 Å². The molecule has 0 saturated carbocycles. The van der Waals surface area contributed by atoms with E-state index in [4.69, 9.17) is 5.73 Å². The van der Waals surface area contributed by atoms with Crippen LogP contribution < -0.4 is 5.73 Å². The largest absolute Gasteiger partial charge is 0.330 e. The average molecular weight is 189 g/mol. The van der Waals surface area contributed by atoms with Crippen LogP contribution in [0.2, 0.25) is 0 Å². The molecule has 0 aliphatic carbocycles. The molecular formula is C11H15N3. The van der Waals surface area contributed by atoms with Crippen molar-refractivity contribution < 1.29 is 0 Å². The summed E-state index contributed by atoms with van der Waals surface area (Å²) in [5, 5.41) is 0. The molecule has 0 aliphatic rings. The number of fused-ring (bicyclic) bond motifs is 1. The molecule has 1 atom stereocenters. The van der Waals surface area contributed by atoms with E-state index in [0.29, 0.717) is 12.5 Å². The molecule has 3 nitrogen and oxygen atoms in total. The van der Waals surface area contributed by atoms with E-state index in [1.807, 2.05) is 13.1 Å². The third kappa shape index (κ3) is 1.30. The number of nitrogens with zero attached hydrogens (tertiary/aromatic N) is 2. The van der Waals surface area contributed by atoms with Gasteiger partial charge in [-0.25, -0.2) is 4.98 Å². The summed E-state index contributed by atoms with van der Waals surface area (Å²) >= 11 is 0. The molecule has 0 fully saturated rings. The predicted octanol–water partition coefficient (Wildman–Crippen LogP) is 1.70. The summed E-state index contributed by atoms with van der Waals surface area (Å²) in [5.41, 5.74) is 8.06. The van der Waals surface area contributed by atoms with Crippen LogP contribution in [0, 0.1) is 6.92 Å². The smallest absolute Gasteiger partial charge is 0.110 e. The van der Waals surface area contributed by atoms with Gasteiger partial charge in [-0.05, 0) is 19.1 Å². The molecule has 0 aromatic carbocycles. The van der Waals surface area contributed by atoms with E-state index in [2.05, 4.69) is 34.5 Å². The van der Waals surface area contributed by atoms with Gasteiger partial charge < -0.3 is 10.1 Å². The number of hydrogen-bond acceptors (Lipinski definition) is 2. The molecule has 2 heterocycles. The molecule has 0 saturated heterocycles. The van der Waals surface area contributed by atoms with Crippen LogP contribution in [0.25, 0.3) is 5.52 Å². The number of aromatic nitrogens is 2. The molecule has 3 heteroatoms. The topological polar surface area (TPSA) is 43.3 Å². The van der Waals surface area contributed by atoms with E-state index in [0.717, 1.165) is 11.3 Å². The maximum Gasteiger partial charge on any atom is 0.110 e. The molecule has 2 rings (SSSR count). The molecule has 0 amide bonds. The number of hydrogen-bond donors (Lipinski definition) is 1. The second-order valence-electron chi connectivity index (χ2n) is 3.65. The Morgan fingerprint density at radius 3 is 3.00 bits per heavy atom. The number of rotatable bonds is 2. The first kappa shape index (κ1) is 9.21. The van der Waals surface area contributed by atoms with Crippen LogP contribution in [0.3, 0.4) is 0 Å². The molecular weight excluding hydrogens is 174 g/mol. The third-order valence-corrected chi connectivity index (χ3v) is 2.62. The lowest BCUT2D eigenvalue weighted by Crippen LogP contribution is -2.12. The van der Waals surface area contributed by atoms with E-state index in [1.54, 1.807) is 0 Å². The summed E-state index contributed by atoms with van der Waals surface area (Å²) in [7, 11) is 0. The van der Waals surface area contributed by atoms with Crippen LogP contribution in [0.5, 0.6) is 0 Å². The fourth-order valence-corrected chi connectivity index (χ4v) is 1.74. The molecule has 74 valence electrons. The maximum absolute atomic E-state index is 5.68. The lowest BCUT2D eigenvalue weighted by molar-refractivity contribution is 0.724. The number of aryl methyl sites for hydroxylation is 1. The van der Waals surface area contributed by atoms with Crippen molar-refractivity contribution in [2.75, 3.05) is 6.54 Å². The van der Waals surface area contributed by atoms with Gasteiger partial charge in [-0.15, -0.1) is 0 Å². The highest BCUT2D eigenvalue weighted by atomic mass is 15.0. The summed E-state index contributed by atoms with van der Waals surface area (Å²) in [4.78, 5) is 4.30. The van der Waals surface area contributed by atoms with Gasteiger partial charge >= 0.3 is 0 Å². The Morgan fingerprint density at radius 2 is 2.29 bits per heavy atom. The van der Waals surface area contributed by atoms with Crippen LogP contribution in [-0.4, -0.2) is 15.9 Å². The lowest BCUT2D eigenvalue weighted by Gasteiger charge is -2.12. The predicted molar refractivity (Wildman–Crippen MR) is 57.4 cm³/mol. The molecule has 2 aromatic heterocycles. The Hall–Kier alpha value is -1.35. The van der Waals surface area contributed by atoms with E-state index >= 15 is 0 Å². The highest BCUT2D eigenvalue weighted by Gasteiger charge is 2.09. The van der Waals surface area contributed by atoms with Crippen LogP contribution in [0.4, 0.5) is 0 Å². The molecule has 1 unspecified atom stereocenters. The van der Waals surface area contributed by atoms with Crippen molar-refractivity contribution in [2.45, 2.75) is 19.8 Å². The number of nitrogens with two attached hydrogens (primary N) is 1. The van der Waals surface area contributed by atoms with Crippen molar-refractivity contribution in [3.63, 3.8) is 0 Å². The van der Waals surface area contributed by atoms with Gasteiger partial charge in [-0.2, -0.15) is 0 Å². The van der Waals surface area contributed by atoms with Gasteiger partial charge in [0.1, 0.15) is 5.82 Å². The van der Waals surface area contributed by atoms with Crippen molar-refractivity contribution >= 4 is 5.52 Å². The Bertz CT molecular complexity index is 445. The minimum Gasteiger partial charge on any atom is -0.330 e. The number of pyridine rings is 1. The van der Waals surface area contributed by atoms with Gasteiger partial charge in [-0.1, -0.05) is 13.0 Å². The monoisotopic (exact) mass is 189 g/mol.